The number of carbonyl (C=O) groups excluding carboxylic acids is 1. The molecule has 1 aromatic rings. The fourth-order valence-corrected chi connectivity index (χ4v) is 2.37. The van der Waals surface area contributed by atoms with E-state index in [9.17, 15) is 9.90 Å². The van der Waals surface area contributed by atoms with Crippen LogP contribution in [0.4, 0.5) is 0 Å². The molecule has 0 bridgehead atoms. The predicted octanol–water partition coefficient (Wildman–Crippen LogP) is 1.35. The molecule has 2 rings (SSSR count). The number of rotatable bonds is 3. The van der Waals surface area contributed by atoms with Crippen molar-refractivity contribution in [2.24, 2.45) is 0 Å². The van der Waals surface area contributed by atoms with E-state index in [1.54, 1.807) is 19.2 Å². The fourth-order valence-electron chi connectivity index (χ4n) is 2.17. The molecule has 0 spiro atoms. The molecule has 5 nitrogen and oxygen atoms in total. The van der Waals surface area contributed by atoms with Gasteiger partial charge in [0.2, 0.25) is 0 Å². The van der Waals surface area contributed by atoms with Gasteiger partial charge in [-0.1, -0.05) is 11.6 Å². The van der Waals surface area contributed by atoms with Crippen molar-refractivity contribution in [2.45, 2.75) is 18.4 Å². The quantitative estimate of drug-likeness (QED) is 0.851. The van der Waals surface area contributed by atoms with Crippen molar-refractivity contribution in [3.05, 3.63) is 29.0 Å². The second kappa shape index (κ2) is 5.86. The van der Waals surface area contributed by atoms with Gasteiger partial charge in [-0.15, -0.1) is 0 Å². The zero-order valence-corrected chi connectivity index (χ0v) is 11.6. The first kappa shape index (κ1) is 14.2. The maximum absolute atomic E-state index is 12.2. The van der Waals surface area contributed by atoms with Gasteiger partial charge >= 0.3 is 0 Å². The molecule has 1 saturated heterocycles. The van der Waals surface area contributed by atoms with Gasteiger partial charge in [-0.2, -0.15) is 0 Å². The van der Waals surface area contributed by atoms with Gasteiger partial charge in [0.05, 0.1) is 11.2 Å². The first-order chi connectivity index (χ1) is 9.02. The third kappa shape index (κ3) is 3.43. The number of likely N-dealkylation sites (N-methyl/N-ethyl adjacent to an activating group) is 1. The van der Waals surface area contributed by atoms with E-state index in [4.69, 9.17) is 16.3 Å². The molecule has 104 valence electrons. The topological polar surface area (TPSA) is 62.7 Å². The normalized spacial score (nSPS) is 18.1. The maximum Gasteiger partial charge on any atom is 0.256 e. The zero-order chi connectivity index (χ0) is 13.9. The van der Waals surface area contributed by atoms with Gasteiger partial charge in [-0.05, 0) is 12.1 Å². The molecule has 2 heterocycles. The average Bonchev–Trinajstić information content (AvgIpc) is 2.39. The lowest BCUT2D eigenvalue weighted by Gasteiger charge is -2.35. The third-order valence-corrected chi connectivity index (χ3v) is 3.59. The minimum Gasteiger partial charge on any atom is -0.388 e. The number of aromatic nitrogens is 1. The first-order valence-electron chi connectivity index (χ1n) is 6.18. The standard InChI is InChI=1S/C13H17ClN2O3/c1-16(9-13(18)4-7-19-8-5-13)12(17)10-3-2-6-15-11(10)14/h2-3,6,18H,4-5,7-9H2,1H3. The maximum atomic E-state index is 12.2. The molecule has 19 heavy (non-hydrogen) atoms. The molecule has 1 aliphatic heterocycles. The van der Waals surface area contributed by atoms with Crippen molar-refractivity contribution in [1.82, 2.24) is 9.88 Å². The molecule has 0 unspecified atom stereocenters. The van der Waals surface area contributed by atoms with Gasteiger partial charge in [-0.3, -0.25) is 4.79 Å². The SMILES string of the molecule is CN(CC1(O)CCOCC1)C(=O)c1cccnc1Cl. The average molecular weight is 285 g/mol. The zero-order valence-electron chi connectivity index (χ0n) is 10.8. The Morgan fingerprint density at radius 1 is 1.58 bits per heavy atom. The number of halogens is 1. The third-order valence-electron chi connectivity index (χ3n) is 3.29. The van der Waals surface area contributed by atoms with Crippen LogP contribution in [-0.2, 0) is 4.74 Å². The molecule has 0 aromatic carbocycles. The molecule has 1 aliphatic rings. The summed E-state index contributed by atoms with van der Waals surface area (Å²) in [5, 5.41) is 10.6. The Morgan fingerprint density at radius 2 is 2.26 bits per heavy atom. The Hall–Kier alpha value is -1.17. The summed E-state index contributed by atoms with van der Waals surface area (Å²) in [6.07, 6.45) is 2.60. The Balaban J connectivity index is 2.05. The number of ether oxygens (including phenoxy) is 1. The Bertz CT molecular complexity index is 461. The lowest BCUT2D eigenvalue weighted by molar-refractivity contribution is -0.0734. The van der Waals surface area contributed by atoms with Gasteiger partial charge in [0, 0.05) is 45.8 Å². The van der Waals surface area contributed by atoms with Crippen LogP contribution < -0.4 is 0 Å². The van der Waals surface area contributed by atoms with E-state index < -0.39 is 5.60 Å². The van der Waals surface area contributed by atoms with Gasteiger partial charge in [0.25, 0.3) is 5.91 Å². The summed E-state index contributed by atoms with van der Waals surface area (Å²) in [7, 11) is 1.65. The smallest absolute Gasteiger partial charge is 0.256 e. The second-order valence-corrected chi connectivity index (χ2v) is 5.20. The van der Waals surface area contributed by atoms with E-state index >= 15 is 0 Å². The van der Waals surface area contributed by atoms with Crippen LogP contribution in [0.1, 0.15) is 23.2 Å². The molecule has 0 atom stereocenters. The van der Waals surface area contributed by atoms with Crippen molar-refractivity contribution >= 4 is 17.5 Å². The molecule has 1 amide bonds. The van der Waals surface area contributed by atoms with Gasteiger partial charge < -0.3 is 14.7 Å². The Morgan fingerprint density at radius 3 is 2.89 bits per heavy atom. The van der Waals surface area contributed by atoms with Gasteiger partial charge in [0.1, 0.15) is 5.15 Å². The Labute approximate surface area is 117 Å². The lowest BCUT2D eigenvalue weighted by Crippen LogP contribution is -2.47. The summed E-state index contributed by atoms with van der Waals surface area (Å²) in [5.41, 5.74) is -0.528. The van der Waals surface area contributed by atoms with E-state index in [-0.39, 0.29) is 17.6 Å². The van der Waals surface area contributed by atoms with Crippen LogP contribution in [0, 0.1) is 0 Å². The second-order valence-electron chi connectivity index (χ2n) is 4.84. The van der Waals surface area contributed by atoms with Crippen LogP contribution in [0.15, 0.2) is 18.3 Å². The number of amides is 1. The van der Waals surface area contributed by atoms with Crippen LogP contribution in [0.3, 0.4) is 0 Å². The summed E-state index contributed by atoms with van der Waals surface area (Å²) in [5.74, 6) is -0.238. The summed E-state index contributed by atoms with van der Waals surface area (Å²) in [6, 6.07) is 3.29. The molecule has 0 radical (unpaired) electrons. The molecule has 6 heteroatoms. The van der Waals surface area contributed by atoms with Crippen LogP contribution in [0.2, 0.25) is 5.15 Å². The number of aliphatic hydroxyl groups is 1. The molecule has 1 N–H and O–H groups in total. The van der Waals surface area contributed by atoms with E-state index in [0.29, 0.717) is 31.6 Å². The van der Waals surface area contributed by atoms with Gasteiger partial charge in [-0.25, -0.2) is 4.98 Å². The van der Waals surface area contributed by atoms with Crippen molar-refractivity contribution in [3.8, 4) is 0 Å². The highest BCUT2D eigenvalue weighted by Gasteiger charge is 2.32. The molecule has 0 aliphatic carbocycles. The molecule has 0 saturated carbocycles. The van der Waals surface area contributed by atoms with Crippen molar-refractivity contribution in [2.75, 3.05) is 26.8 Å². The molecule has 1 fully saturated rings. The number of hydrogen-bond acceptors (Lipinski definition) is 4. The van der Waals surface area contributed by atoms with Crippen LogP contribution in [-0.4, -0.2) is 53.3 Å². The van der Waals surface area contributed by atoms with Crippen molar-refractivity contribution in [3.63, 3.8) is 0 Å². The summed E-state index contributed by atoms with van der Waals surface area (Å²) >= 11 is 5.90. The first-order valence-corrected chi connectivity index (χ1v) is 6.56. The number of hydrogen-bond donors (Lipinski definition) is 1. The highest BCUT2D eigenvalue weighted by Crippen LogP contribution is 2.22. The largest absolute Gasteiger partial charge is 0.388 e. The van der Waals surface area contributed by atoms with E-state index in [2.05, 4.69) is 4.98 Å². The van der Waals surface area contributed by atoms with Gasteiger partial charge in [0.15, 0.2) is 0 Å². The summed E-state index contributed by atoms with van der Waals surface area (Å²) < 4.78 is 5.22. The molecule has 1 aromatic heterocycles. The fraction of sp³-hybridized carbons (Fsp3) is 0.538. The van der Waals surface area contributed by atoms with Crippen molar-refractivity contribution in [1.29, 1.82) is 0 Å². The predicted molar refractivity (Wildman–Crippen MR) is 71.2 cm³/mol. The van der Waals surface area contributed by atoms with E-state index in [1.165, 1.54) is 11.1 Å². The summed E-state index contributed by atoms with van der Waals surface area (Å²) in [6.45, 7) is 1.30. The minimum absolute atomic E-state index is 0.179. The molecular weight excluding hydrogens is 268 g/mol. The lowest BCUT2D eigenvalue weighted by atomic mass is 9.94. The number of pyridine rings is 1. The van der Waals surface area contributed by atoms with E-state index in [0.717, 1.165) is 0 Å². The van der Waals surface area contributed by atoms with Crippen LogP contribution >= 0.6 is 11.6 Å². The van der Waals surface area contributed by atoms with Crippen LogP contribution in [0.5, 0.6) is 0 Å². The summed E-state index contributed by atoms with van der Waals surface area (Å²) in [4.78, 5) is 17.6. The van der Waals surface area contributed by atoms with E-state index in [1.807, 2.05) is 0 Å². The number of carbonyl (C=O) groups is 1. The highest BCUT2D eigenvalue weighted by atomic mass is 35.5. The molecular formula is C13H17ClN2O3. The Kier molecular flexibility index (Phi) is 4.39. The van der Waals surface area contributed by atoms with Crippen LogP contribution in [0.25, 0.3) is 0 Å². The van der Waals surface area contributed by atoms with Crippen molar-refractivity contribution < 1.29 is 14.6 Å². The monoisotopic (exact) mass is 284 g/mol. The number of nitrogens with zero attached hydrogens (tertiary/aromatic N) is 2. The highest BCUT2D eigenvalue weighted by molar-refractivity contribution is 6.32. The minimum atomic E-state index is -0.878.